The van der Waals surface area contributed by atoms with Gasteiger partial charge in [0.25, 0.3) is 5.91 Å². The minimum absolute atomic E-state index is 0.172. The van der Waals surface area contributed by atoms with Crippen LogP contribution in [0.25, 0.3) is 0 Å². The van der Waals surface area contributed by atoms with Crippen molar-refractivity contribution in [3.8, 4) is 0 Å². The van der Waals surface area contributed by atoms with Gasteiger partial charge in [-0.1, -0.05) is 19.9 Å². The van der Waals surface area contributed by atoms with E-state index in [1.807, 2.05) is 32.0 Å². The first kappa shape index (κ1) is 15.5. The first-order valence-electron chi connectivity index (χ1n) is 7.66. The predicted octanol–water partition coefficient (Wildman–Crippen LogP) is 2.80. The van der Waals surface area contributed by atoms with Crippen molar-refractivity contribution in [3.63, 3.8) is 0 Å². The number of benzene rings is 1. The SMILES string of the molecule is CCC(CC)(CNC(=O)c1ccc2c(c1)CCC2)C(=O)O. The van der Waals surface area contributed by atoms with Crippen LogP contribution in [0.1, 0.15) is 54.6 Å². The molecule has 4 heteroatoms. The number of carbonyl (C=O) groups excluding carboxylic acids is 1. The number of hydrogen-bond donors (Lipinski definition) is 2. The van der Waals surface area contributed by atoms with Crippen LogP contribution in [0.2, 0.25) is 0 Å². The van der Waals surface area contributed by atoms with E-state index in [0.29, 0.717) is 18.4 Å². The van der Waals surface area contributed by atoms with Crippen LogP contribution in [0.4, 0.5) is 0 Å². The maximum absolute atomic E-state index is 12.2. The van der Waals surface area contributed by atoms with Gasteiger partial charge in [0, 0.05) is 12.1 Å². The molecule has 1 aromatic rings. The number of carboxylic acid groups (broad SMARTS) is 1. The number of aliphatic carboxylic acids is 1. The molecule has 2 rings (SSSR count). The third-order valence-electron chi connectivity index (χ3n) is 4.76. The predicted molar refractivity (Wildman–Crippen MR) is 81.5 cm³/mol. The van der Waals surface area contributed by atoms with Crippen molar-refractivity contribution in [1.82, 2.24) is 5.32 Å². The van der Waals surface area contributed by atoms with Gasteiger partial charge in [0.1, 0.15) is 0 Å². The average molecular weight is 289 g/mol. The summed E-state index contributed by atoms with van der Waals surface area (Å²) < 4.78 is 0. The Morgan fingerprint density at radius 2 is 1.86 bits per heavy atom. The van der Waals surface area contributed by atoms with Gasteiger partial charge in [-0.3, -0.25) is 9.59 Å². The smallest absolute Gasteiger partial charge is 0.311 e. The van der Waals surface area contributed by atoms with Crippen LogP contribution in [0.3, 0.4) is 0 Å². The van der Waals surface area contributed by atoms with Crippen LogP contribution in [0.5, 0.6) is 0 Å². The highest BCUT2D eigenvalue weighted by atomic mass is 16.4. The summed E-state index contributed by atoms with van der Waals surface area (Å²) in [4.78, 5) is 23.7. The Kier molecular flexibility index (Phi) is 4.66. The van der Waals surface area contributed by atoms with Gasteiger partial charge in [-0.2, -0.15) is 0 Å². The summed E-state index contributed by atoms with van der Waals surface area (Å²) in [6, 6.07) is 5.79. The Morgan fingerprint density at radius 3 is 2.48 bits per heavy atom. The molecule has 4 nitrogen and oxygen atoms in total. The van der Waals surface area contributed by atoms with Crippen molar-refractivity contribution in [2.24, 2.45) is 5.41 Å². The fourth-order valence-corrected chi connectivity index (χ4v) is 2.94. The average Bonchev–Trinajstić information content (AvgIpc) is 2.95. The lowest BCUT2D eigenvalue weighted by Gasteiger charge is -2.26. The molecule has 0 fully saturated rings. The van der Waals surface area contributed by atoms with Crippen molar-refractivity contribution in [3.05, 3.63) is 34.9 Å². The highest BCUT2D eigenvalue weighted by Crippen LogP contribution is 2.26. The van der Waals surface area contributed by atoms with Crippen LogP contribution >= 0.6 is 0 Å². The van der Waals surface area contributed by atoms with E-state index in [-0.39, 0.29) is 12.5 Å². The molecule has 0 bridgehead atoms. The maximum Gasteiger partial charge on any atom is 0.311 e. The van der Waals surface area contributed by atoms with E-state index in [0.717, 1.165) is 19.3 Å². The van der Waals surface area contributed by atoms with Crippen LogP contribution in [-0.2, 0) is 17.6 Å². The molecular weight excluding hydrogens is 266 g/mol. The summed E-state index contributed by atoms with van der Waals surface area (Å²) >= 11 is 0. The number of nitrogens with one attached hydrogen (secondary N) is 1. The fourth-order valence-electron chi connectivity index (χ4n) is 2.94. The molecule has 0 saturated heterocycles. The molecule has 1 aliphatic rings. The number of aryl methyl sites for hydroxylation is 2. The molecule has 0 heterocycles. The largest absolute Gasteiger partial charge is 0.481 e. The standard InChI is InChI=1S/C17H23NO3/c1-3-17(4-2,16(20)21)11-18-15(19)14-9-8-12-6-5-7-13(12)10-14/h8-10H,3-7,11H2,1-2H3,(H,18,19)(H,20,21). The summed E-state index contributed by atoms with van der Waals surface area (Å²) in [7, 11) is 0. The Labute approximate surface area is 125 Å². The van der Waals surface area contributed by atoms with Crippen molar-refractivity contribution < 1.29 is 14.7 Å². The molecule has 0 unspecified atom stereocenters. The lowest BCUT2D eigenvalue weighted by Crippen LogP contribution is -2.42. The molecule has 0 saturated carbocycles. The zero-order valence-corrected chi connectivity index (χ0v) is 12.7. The molecule has 1 aliphatic carbocycles. The first-order chi connectivity index (χ1) is 10.0. The zero-order valence-electron chi connectivity index (χ0n) is 12.7. The Morgan fingerprint density at radius 1 is 1.19 bits per heavy atom. The van der Waals surface area contributed by atoms with Crippen LogP contribution in [0.15, 0.2) is 18.2 Å². The molecule has 1 amide bonds. The van der Waals surface area contributed by atoms with E-state index in [9.17, 15) is 14.7 Å². The molecule has 2 N–H and O–H groups in total. The Hall–Kier alpha value is -1.84. The highest BCUT2D eigenvalue weighted by Gasteiger charge is 2.35. The van der Waals surface area contributed by atoms with Gasteiger partial charge in [-0.25, -0.2) is 0 Å². The maximum atomic E-state index is 12.2. The topological polar surface area (TPSA) is 66.4 Å². The molecule has 0 atom stereocenters. The van der Waals surface area contributed by atoms with Crippen molar-refractivity contribution in [2.45, 2.75) is 46.0 Å². The molecule has 0 aromatic heterocycles. The van der Waals surface area contributed by atoms with Crippen molar-refractivity contribution >= 4 is 11.9 Å². The number of amides is 1. The van der Waals surface area contributed by atoms with Crippen LogP contribution < -0.4 is 5.32 Å². The lowest BCUT2D eigenvalue weighted by molar-refractivity contribution is -0.149. The van der Waals surface area contributed by atoms with E-state index in [1.54, 1.807) is 0 Å². The molecule has 0 spiro atoms. The zero-order chi connectivity index (χ0) is 15.5. The van der Waals surface area contributed by atoms with Crippen LogP contribution in [0, 0.1) is 5.41 Å². The van der Waals surface area contributed by atoms with Gasteiger partial charge >= 0.3 is 5.97 Å². The van der Waals surface area contributed by atoms with E-state index >= 15 is 0 Å². The number of carbonyl (C=O) groups is 2. The summed E-state index contributed by atoms with van der Waals surface area (Å²) in [5.41, 5.74) is 2.33. The summed E-state index contributed by atoms with van der Waals surface area (Å²) in [6.07, 6.45) is 4.27. The second-order valence-electron chi connectivity index (χ2n) is 5.81. The third-order valence-corrected chi connectivity index (χ3v) is 4.76. The van der Waals surface area contributed by atoms with E-state index < -0.39 is 11.4 Å². The molecule has 0 radical (unpaired) electrons. The summed E-state index contributed by atoms with van der Waals surface area (Å²) in [5, 5.41) is 12.2. The van der Waals surface area contributed by atoms with Gasteiger partial charge in [0.05, 0.1) is 5.41 Å². The molecule has 1 aromatic carbocycles. The quantitative estimate of drug-likeness (QED) is 0.846. The third kappa shape index (κ3) is 3.09. The van der Waals surface area contributed by atoms with Gasteiger partial charge in [-0.15, -0.1) is 0 Å². The lowest BCUT2D eigenvalue weighted by atomic mass is 9.82. The minimum atomic E-state index is -0.869. The van der Waals surface area contributed by atoms with Gasteiger partial charge in [0.2, 0.25) is 0 Å². The molecule has 21 heavy (non-hydrogen) atoms. The number of hydrogen-bond acceptors (Lipinski definition) is 2. The summed E-state index contributed by atoms with van der Waals surface area (Å²) in [6.45, 7) is 3.86. The fraction of sp³-hybridized carbons (Fsp3) is 0.529. The monoisotopic (exact) mass is 289 g/mol. The molecule has 114 valence electrons. The van der Waals surface area contributed by atoms with Crippen molar-refractivity contribution in [2.75, 3.05) is 6.54 Å². The van der Waals surface area contributed by atoms with E-state index in [1.165, 1.54) is 11.1 Å². The number of carboxylic acids is 1. The minimum Gasteiger partial charge on any atom is -0.481 e. The highest BCUT2D eigenvalue weighted by molar-refractivity contribution is 5.94. The molecular formula is C17H23NO3. The second kappa shape index (κ2) is 6.29. The number of rotatable bonds is 6. The van der Waals surface area contributed by atoms with Crippen molar-refractivity contribution in [1.29, 1.82) is 0 Å². The van der Waals surface area contributed by atoms with Gasteiger partial charge < -0.3 is 10.4 Å². The second-order valence-corrected chi connectivity index (χ2v) is 5.81. The number of fused-ring (bicyclic) bond motifs is 1. The van der Waals surface area contributed by atoms with Gasteiger partial charge in [-0.05, 0) is 55.4 Å². The first-order valence-corrected chi connectivity index (χ1v) is 7.66. The Balaban J connectivity index is 2.06. The Bertz CT molecular complexity index is 547. The van der Waals surface area contributed by atoms with E-state index in [4.69, 9.17) is 0 Å². The van der Waals surface area contributed by atoms with E-state index in [2.05, 4.69) is 5.32 Å². The summed E-state index contributed by atoms with van der Waals surface area (Å²) in [5.74, 6) is -1.03. The van der Waals surface area contributed by atoms with Crippen LogP contribution in [-0.4, -0.2) is 23.5 Å². The molecule has 0 aliphatic heterocycles. The van der Waals surface area contributed by atoms with Gasteiger partial charge in [0.15, 0.2) is 0 Å². The normalized spacial score (nSPS) is 13.8.